The van der Waals surface area contributed by atoms with Gasteiger partial charge in [-0.1, -0.05) is 58.3 Å². The zero-order chi connectivity index (χ0) is 39.0. The monoisotopic (exact) mass is 767 g/mol. The number of esters is 1. The van der Waals surface area contributed by atoms with Gasteiger partial charge in [-0.3, -0.25) is 19.1 Å². The van der Waals surface area contributed by atoms with Crippen molar-refractivity contribution in [1.82, 2.24) is 29.3 Å². The van der Waals surface area contributed by atoms with Crippen molar-refractivity contribution in [3.63, 3.8) is 0 Å². The molecule has 14 heteroatoms. The van der Waals surface area contributed by atoms with Crippen LogP contribution in [0.2, 0.25) is 0 Å². The lowest BCUT2D eigenvalue weighted by Gasteiger charge is -2.55. The van der Waals surface area contributed by atoms with Gasteiger partial charge in [-0.15, -0.1) is 0 Å². The molecule has 3 aromatic heterocycles. The topological polar surface area (TPSA) is 97.8 Å². The number of carbonyl (C=O) groups is 2. The number of rotatable bonds is 17. The first kappa shape index (κ1) is 40.5. The smallest absolute Gasteiger partial charge is 0.436 e. The second-order valence-electron chi connectivity index (χ2n) is 15.8. The molecule has 3 aromatic rings. The summed E-state index contributed by atoms with van der Waals surface area (Å²) in [5, 5.41) is 0.959. The number of piperidine rings is 1. The lowest BCUT2D eigenvalue weighted by Crippen LogP contribution is -2.65. The van der Waals surface area contributed by atoms with Gasteiger partial charge in [-0.2, -0.15) is 13.2 Å². The number of carbonyl (C=O) groups excluding carboxylic acids is 2. The standard InChI is InChI=1S/C41H53F4N7O3/c1-3-4-5-6-7-8-9-10-11-12-34(53)55-28-51-22-18-33-36(48-27-49-38(33)51)29-13-14-30(23-29)40(24-46-2)25-52(26-40)31-16-20-50(21-17-31)39(54)32-15-19-47-37(35(32)42)41(43,44)45/h15,18-19,22,27,29-31H,3-14,16-17,20-21,23-26,28H2,1H3. The van der Waals surface area contributed by atoms with Gasteiger partial charge in [-0.25, -0.2) is 25.9 Å². The van der Waals surface area contributed by atoms with Gasteiger partial charge in [0.2, 0.25) is 6.54 Å². The minimum Gasteiger partial charge on any atom is -0.444 e. The molecule has 0 spiro atoms. The average Bonchev–Trinajstić information content (AvgIpc) is 3.82. The number of unbranched alkanes of at least 4 members (excludes halogenated alkanes) is 8. The third-order valence-corrected chi connectivity index (χ3v) is 12.2. The molecule has 0 bridgehead atoms. The normalized spacial score (nSPS) is 20.4. The highest BCUT2D eigenvalue weighted by molar-refractivity contribution is 5.94. The van der Waals surface area contributed by atoms with Gasteiger partial charge in [0.15, 0.2) is 18.2 Å². The van der Waals surface area contributed by atoms with Crippen LogP contribution in [0.15, 0.2) is 30.9 Å². The molecule has 1 amide bonds. The molecule has 3 fully saturated rings. The Kier molecular flexibility index (Phi) is 13.4. The molecule has 2 unspecified atom stereocenters. The summed E-state index contributed by atoms with van der Waals surface area (Å²) in [5.41, 5.74) is -0.701. The van der Waals surface area contributed by atoms with E-state index in [0.717, 1.165) is 80.6 Å². The Morgan fingerprint density at radius 3 is 2.36 bits per heavy atom. The largest absolute Gasteiger partial charge is 0.444 e. The van der Waals surface area contributed by atoms with Gasteiger partial charge in [0, 0.05) is 62.3 Å². The number of alkyl halides is 3. The molecular formula is C41H53F4N7O3. The molecule has 2 aliphatic heterocycles. The van der Waals surface area contributed by atoms with E-state index in [-0.39, 0.29) is 30.1 Å². The van der Waals surface area contributed by atoms with Gasteiger partial charge in [0.1, 0.15) is 12.0 Å². The summed E-state index contributed by atoms with van der Waals surface area (Å²) < 4.78 is 61.6. The van der Waals surface area contributed by atoms with Crippen LogP contribution < -0.4 is 0 Å². The van der Waals surface area contributed by atoms with E-state index >= 15 is 0 Å². The molecule has 2 saturated heterocycles. The molecule has 0 radical (unpaired) electrons. The number of aromatic nitrogens is 4. The Bertz CT molecular complexity index is 1810. The van der Waals surface area contributed by atoms with Crippen molar-refractivity contribution in [2.45, 2.75) is 128 Å². The number of hydrogen-bond donors (Lipinski definition) is 0. The van der Waals surface area contributed by atoms with E-state index in [0.29, 0.717) is 44.8 Å². The van der Waals surface area contributed by atoms with Crippen LogP contribution in [0.4, 0.5) is 17.6 Å². The van der Waals surface area contributed by atoms with Crippen molar-refractivity contribution in [3.8, 4) is 0 Å². The van der Waals surface area contributed by atoms with Crippen LogP contribution in [0, 0.1) is 23.7 Å². The Balaban J connectivity index is 0.975. The second-order valence-corrected chi connectivity index (χ2v) is 15.8. The molecule has 5 heterocycles. The van der Waals surface area contributed by atoms with E-state index in [9.17, 15) is 27.2 Å². The van der Waals surface area contributed by atoms with Crippen LogP contribution in [-0.4, -0.2) is 80.0 Å². The van der Waals surface area contributed by atoms with Gasteiger partial charge in [0.25, 0.3) is 5.91 Å². The van der Waals surface area contributed by atoms with Gasteiger partial charge >= 0.3 is 12.1 Å². The first-order chi connectivity index (χ1) is 26.5. The highest BCUT2D eigenvalue weighted by Gasteiger charge is 2.55. The van der Waals surface area contributed by atoms with E-state index < -0.39 is 29.2 Å². The number of fused-ring (bicyclic) bond motifs is 1. The Morgan fingerprint density at radius 2 is 1.67 bits per heavy atom. The van der Waals surface area contributed by atoms with Gasteiger partial charge in [-0.05, 0) is 56.6 Å². The molecule has 1 aliphatic carbocycles. The van der Waals surface area contributed by atoms with Crippen LogP contribution in [0.3, 0.4) is 0 Å². The van der Waals surface area contributed by atoms with Crippen LogP contribution >= 0.6 is 0 Å². The summed E-state index contributed by atoms with van der Waals surface area (Å²) in [5.74, 6) is -2.02. The summed E-state index contributed by atoms with van der Waals surface area (Å²) >= 11 is 0. The summed E-state index contributed by atoms with van der Waals surface area (Å²) in [6.07, 6.45) is 14.6. The molecule has 55 heavy (non-hydrogen) atoms. The first-order valence-corrected chi connectivity index (χ1v) is 20.1. The number of ether oxygens (including phenoxy) is 1. The van der Waals surface area contributed by atoms with Gasteiger partial charge in [0.05, 0.1) is 16.7 Å². The Hall–Kier alpha value is -4.12. The highest BCUT2D eigenvalue weighted by Crippen LogP contribution is 2.52. The fourth-order valence-electron chi connectivity index (χ4n) is 9.11. The third-order valence-electron chi connectivity index (χ3n) is 12.2. The number of likely N-dealkylation sites (tertiary alicyclic amines) is 2. The molecule has 10 nitrogen and oxygen atoms in total. The van der Waals surface area contributed by atoms with Crippen molar-refractivity contribution in [1.29, 1.82) is 0 Å². The maximum absolute atomic E-state index is 14.6. The maximum atomic E-state index is 14.6. The fraction of sp³-hybridized carbons (Fsp3) is 0.659. The zero-order valence-corrected chi connectivity index (χ0v) is 31.8. The number of hydrogen-bond acceptors (Lipinski definition) is 7. The predicted octanol–water partition coefficient (Wildman–Crippen LogP) is 8.82. The van der Waals surface area contributed by atoms with Crippen molar-refractivity contribution in [3.05, 3.63) is 65.0 Å². The second kappa shape index (κ2) is 18.2. The van der Waals surface area contributed by atoms with Crippen molar-refractivity contribution in [2.75, 3.05) is 32.7 Å². The fourth-order valence-corrected chi connectivity index (χ4v) is 9.11. The molecular weight excluding hydrogens is 714 g/mol. The maximum Gasteiger partial charge on any atom is 0.436 e. The zero-order valence-electron chi connectivity index (χ0n) is 31.8. The van der Waals surface area contributed by atoms with E-state index in [1.165, 1.54) is 43.4 Å². The van der Waals surface area contributed by atoms with E-state index in [4.69, 9.17) is 16.3 Å². The molecule has 0 aromatic carbocycles. The predicted molar refractivity (Wildman–Crippen MR) is 199 cm³/mol. The number of halogens is 4. The summed E-state index contributed by atoms with van der Waals surface area (Å²) in [7, 11) is 0. The van der Waals surface area contributed by atoms with Crippen molar-refractivity contribution < 1.29 is 31.9 Å². The molecule has 1 saturated carbocycles. The molecule has 3 aliphatic rings. The summed E-state index contributed by atoms with van der Waals surface area (Å²) in [6.45, 7) is 12.7. The van der Waals surface area contributed by atoms with Crippen LogP contribution in [-0.2, 0) is 22.4 Å². The Morgan fingerprint density at radius 1 is 0.964 bits per heavy atom. The van der Waals surface area contributed by atoms with Crippen LogP contribution in [0.25, 0.3) is 15.9 Å². The van der Waals surface area contributed by atoms with Crippen molar-refractivity contribution in [2.24, 2.45) is 11.3 Å². The van der Waals surface area contributed by atoms with Gasteiger partial charge < -0.3 is 14.5 Å². The van der Waals surface area contributed by atoms with E-state index in [1.807, 2.05) is 16.8 Å². The van der Waals surface area contributed by atoms with E-state index in [2.05, 4.69) is 26.6 Å². The molecule has 2 atom stereocenters. The molecule has 0 N–H and O–H groups in total. The quantitative estimate of drug-likeness (QED) is 0.0586. The minimum absolute atomic E-state index is 0.111. The highest BCUT2D eigenvalue weighted by atomic mass is 19.4. The number of nitrogens with zero attached hydrogens (tertiary/aromatic N) is 7. The Labute approximate surface area is 320 Å². The van der Waals surface area contributed by atoms with Crippen molar-refractivity contribution >= 4 is 22.9 Å². The summed E-state index contributed by atoms with van der Waals surface area (Å²) in [4.78, 5) is 45.5. The third kappa shape index (κ3) is 9.47. The minimum atomic E-state index is -4.99. The lowest BCUT2D eigenvalue weighted by molar-refractivity contribution is -0.147. The SMILES string of the molecule is [C-]#[N+]CC1(C2CCC(c3ncnc4c3ccn4COC(=O)CCCCCCCCCCC)C2)CN(C2CCN(C(=O)c3ccnc(C(F)(F)F)c3F)CC2)C1. The van der Waals surface area contributed by atoms with Crippen LogP contribution in [0.1, 0.15) is 131 Å². The van der Waals surface area contributed by atoms with Crippen LogP contribution in [0.5, 0.6) is 0 Å². The van der Waals surface area contributed by atoms with E-state index in [1.54, 1.807) is 6.33 Å². The lowest BCUT2D eigenvalue weighted by atomic mass is 9.67. The molecule has 6 rings (SSSR count). The summed E-state index contributed by atoms with van der Waals surface area (Å²) in [6, 6.07) is 3.18. The number of amides is 1. The average molecular weight is 768 g/mol. The molecule has 298 valence electrons. The first-order valence-electron chi connectivity index (χ1n) is 20.1. The number of pyridine rings is 1.